The van der Waals surface area contributed by atoms with Crippen molar-refractivity contribution in [3.63, 3.8) is 0 Å². The third kappa shape index (κ3) is 6.11. The summed E-state index contributed by atoms with van der Waals surface area (Å²) in [6.45, 7) is 9.46. The zero-order valence-electron chi connectivity index (χ0n) is 11.5. The molecule has 0 N–H and O–H groups in total. The molecule has 0 aliphatic carbocycles. The highest BCUT2D eigenvalue weighted by molar-refractivity contribution is 5.06. The van der Waals surface area contributed by atoms with Crippen molar-refractivity contribution < 1.29 is 0 Å². The molecule has 0 radical (unpaired) electrons. The fraction of sp³-hybridized carbons (Fsp3) is 0.714. The lowest BCUT2D eigenvalue weighted by molar-refractivity contribution is 0.543. The van der Waals surface area contributed by atoms with Crippen molar-refractivity contribution in [1.29, 1.82) is 0 Å². The zero-order valence-corrected chi connectivity index (χ0v) is 11.5. The molecule has 0 spiro atoms. The standard InChI is InChI=1S/C14H23N3/c1-5-13-12-17(16-15-13)11-9-7-6-8-10-14(2,3)4/h12H,5-7,9,11H2,1-4H3. The van der Waals surface area contributed by atoms with E-state index in [1.54, 1.807) is 0 Å². The van der Waals surface area contributed by atoms with Crippen LogP contribution in [0.15, 0.2) is 6.20 Å². The van der Waals surface area contributed by atoms with E-state index in [4.69, 9.17) is 0 Å². The van der Waals surface area contributed by atoms with Gasteiger partial charge in [0.05, 0.1) is 5.69 Å². The van der Waals surface area contributed by atoms with Crippen molar-refractivity contribution in [2.24, 2.45) is 5.41 Å². The summed E-state index contributed by atoms with van der Waals surface area (Å²) in [5.74, 6) is 6.48. The van der Waals surface area contributed by atoms with Gasteiger partial charge >= 0.3 is 0 Å². The van der Waals surface area contributed by atoms with Gasteiger partial charge in [-0.25, -0.2) is 0 Å². The van der Waals surface area contributed by atoms with Gasteiger partial charge in [-0.3, -0.25) is 4.68 Å². The zero-order chi connectivity index (χ0) is 12.7. The van der Waals surface area contributed by atoms with Gasteiger partial charge in [0.1, 0.15) is 0 Å². The van der Waals surface area contributed by atoms with Crippen LogP contribution in [0.3, 0.4) is 0 Å². The number of rotatable bonds is 5. The van der Waals surface area contributed by atoms with Crippen LogP contribution >= 0.6 is 0 Å². The first-order chi connectivity index (χ1) is 8.01. The van der Waals surface area contributed by atoms with Crippen LogP contribution in [0, 0.1) is 17.3 Å². The maximum atomic E-state index is 4.07. The summed E-state index contributed by atoms with van der Waals surface area (Å²) in [6.07, 6.45) is 6.21. The van der Waals surface area contributed by atoms with Gasteiger partial charge in [-0.2, -0.15) is 0 Å². The van der Waals surface area contributed by atoms with Crippen molar-refractivity contribution in [2.75, 3.05) is 0 Å². The van der Waals surface area contributed by atoms with Crippen LogP contribution in [-0.4, -0.2) is 15.0 Å². The van der Waals surface area contributed by atoms with E-state index >= 15 is 0 Å². The van der Waals surface area contributed by atoms with E-state index in [0.29, 0.717) is 0 Å². The Labute approximate surface area is 105 Å². The molecule has 1 aromatic heterocycles. The van der Waals surface area contributed by atoms with Crippen molar-refractivity contribution >= 4 is 0 Å². The van der Waals surface area contributed by atoms with Crippen LogP contribution in [0.4, 0.5) is 0 Å². The highest BCUT2D eigenvalue weighted by Crippen LogP contribution is 2.10. The van der Waals surface area contributed by atoms with Crippen molar-refractivity contribution in [3.8, 4) is 11.8 Å². The van der Waals surface area contributed by atoms with Gasteiger partial charge in [-0.05, 0) is 40.0 Å². The van der Waals surface area contributed by atoms with Gasteiger partial charge in [0.2, 0.25) is 0 Å². The molecule has 1 heterocycles. The summed E-state index contributed by atoms with van der Waals surface area (Å²) in [7, 11) is 0. The third-order valence-electron chi connectivity index (χ3n) is 2.35. The molecule has 0 saturated carbocycles. The molecule has 1 aromatic rings. The highest BCUT2D eigenvalue weighted by Gasteiger charge is 2.02. The van der Waals surface area contributed by atoms with Crippen LogP contribution in [0.5, 0.6) is 0 Å². The van der Waals surface area contributed by atoms with E-state index in [1.165, 1.54) is 0 Å². The van der Waals surface area contributed by atoms with Crippen LogP contribution < -0.4 is 0 Å². The first kappa shape index (κ1) is 13.8. The Morgan fingerprint density at radius 1 is 1.29 bits per heavy atom. The van der Waals surface area contributed by atoms with E-state index in [2.05, 4.69) is 49.8 Å². The Kier molecular flexibility index (Phi) is 5.21. The average Bonchev–Trinajstić information content (AvgIpc) is 2.69. The monoisotopic (exact) mass is 233 g/mol. The summed E-state index contributed by atoms with van der Waals surface area (Å²) in [5.41, 5.74) is 1.19. The van der Waals surface area contributed by atoms with Crippen LogP contribution in [0.1, 0.15) is 52.7 Å². The number of nitrogens with zero attached hydrogens (tertiary/aromatic N) is 3. The number of unbranched alkanes of at least 4 members (excludes halogenated alkanes) is 2. The SMILES string of the molecule is CCc1cn(CCCCC#CC(C)(C)C)nn1. The first-order valence-electron chi connectivity index (χ1n) is 6.40. The number of hydrogen-bond acceptors (Lipinski definition) is 2. The molecule has 94 valence electrons. The fourth-order valence-corrected chi connectivity index (χ4v) is 1.42. The Bertz CT molecular complexity index is 388. The molecule has 3 nitrogen and oxygen atoms in total. The molecule has 3 heteroatoms. The minimum absolute atomic E-state index is 0.127. The molecule has 0 amide bonds. The summed E-state index contributed by atoms with van der Waals surface area (Å²) < 4.78 is 1.93. The second-order valence-corrected chi connectivity index (χ2v) is 5.34. The van der Waals surface area contributed by atoms with Gasteiger partial charge in [0.15, 0.2) is 0 Å². The second kappa shape index (κ2) is 6.44. The third-order valence-corrected chi connectivity index (χ3v) is 2.35. The predicted molar refractivity (Wildman–Crippen MR) is 70.5 cm³/mol. The van der Waals surface area contributed by atoms with Gasteiger partial charge in [0, 0.05) is 24.6 Å². The topological polar surface area (TPSA) is 30.7 Å². The lowest BCUT2D eigenvalue weighted by Gasteiger charge is -2.06. The molecule has 17 heavy (non-hydrogen) atoms. The maximum absolute atomic E-state index is 4.07. The van der Waals surface area contributed by atoms with Gasteiger partial charge in [-0.1, -0.05) is 18.1 Å². The lowest BCUT2D eigenvalue weighted by atomic mass is 9.98. The summed E-state index contributed by atoms with van der Waals surface area (Å²) in [5, 5.41) is 8.14. The van der Waals surface area contributed by atoms with Crippen molar-refractivity contribution in [3.05, 3.63) is 11.9 Å². The summed E-state index contributed by atoms with van der Waals surface area (Å²) in [6, 6.07) is 0. The quantitative estimate of drug-likeness (QED) is 0.578. The number of aromatic nitrogens is 3. The Balaban J connectivity index is 2.18. The Morgan fingerprint density at radius 2 is 2.06 bits per heavy atom. The van der Waals surface area contributed by atoms with Crippen LogP contribution in [0.25, 0.3) is 0 Å². The molecule has 1 rings (SSSR count). The summed E-state index contributed by atoms with van der Waals surface area (Å²) >= 11 is 0. The second-order valence-electron chi connectivity index (χ2n) is 5.34. The minimum Gasteiger partial charge on any atom is -0.252 e. The van der Waals surface area contributed by atoms with Crippen LogP contribution in [0.2, 0.25) is 0 Å². The van der Waals surface area contributed by atoms with E-state index in [1.807, 2.05) is 10.9 Å². The molecular weight excluding hydrogens is 210 g/mol. The highest BCUT2D eigenvalue weighted by atomic mass is 15.4. The Morgan fingerprint density at radius 3 is 2.65 bits per heavy atom. The molecule has 0 fully saturated rings. The lowest BCUT2D eigenvalue weighted by Crippen LogP contribution is -2.00. The van der Waals surface area contributed by atoms with E-state index in [0.717, 1.165) is 37.9 Å². The number of aryl methyl sites for hydroxylation is 2. The molecule has 0 saturated heterocycles. The van der Waals surface area contributed by atoms with E-state index < -0.39 is 0 Å². The maximum Gasteiger partial charge on any atom is 0.0824 e. The largest absolute Gasteiger partial charge is 0.252 e. The van der Waals surface area contributed by atoms with Crippen molar-refractivity contribution in [2.45, 2.75) is 59.9 Å². The average molecular weight is 233 g/mol. The number of hydrogen-bond donors (Lipinski definition) is 0. The van der Waals surface area contributed by atoms with Crippen LogP contribution in [-0.2, 0) is 13.0 Å². The predicted octanol–water partition coefficient (Wildman–Crippen LogP) is 3.06. The van der Waals surface area contributed by atoms with Gasteiger partial charge in [0.25, 0.3) is 0 Å². The molecule has 0 unspecified atom stereocenters. The van der Waals surface area contributed by atoms with Crippen molar-refractivity contribution in [1.82, 2.24) is 15.0 Å². The normalized spacial score (nSPS) is 11.1. The van der Waals surface area contributed by atoms with Gasteiger partial charge in [-0.15, -0.1) is 11.0 Å². The molecular formula is C14H23N3. The summed E-state index contributed by atoms with van der Waals surface area (Å²) in [4.78, 5) is 0. The minimum atomic E-state index is 0.127. The molecule has 0 aliphatic rings. The van der Waals surface area contributed by atoms with E-state index in [9.17, 15) is 0 Å². The van der Waals surface area contributed by atoms with Gasteiger partial charge < -0.3 is 0 Å². The smallest absolute Gasteiger partial charge is 0.0824 e. The Hall–Kier alpha value is -1.30. The van der Waals surface area contributed by atoms with E-state index in [-0.39, 0.29) is 5.41 Å². The first-order valence-corrected chi connectivity index (χ1v) is 6.40. The fourth-order valence-electron chi connectivity index (χ4n) is 1.42. The molecule has 0 aromatic carbocycles. The molecule has 0 bridgehead atoms. The molecule has 0 atom stereocenters. The molecule has 0 aliphatic heterocycles.